The Morgan fingerprint density at radius 3 is 2.50 bits per heavy atom. The second-order valence-electron chi connectivity index (χ2n) is 3.63. The van der Waals surface area contributed by atoms with Crippen LogP contribution >= 0.6 is 11.6 Å². The minimum Gasteiger partial charge on any atom is -0.353 e. The van der Waals surface area contributed by atoms with Crippen LogP contribution in [0.3, 0.4) is 0 Å². The van der Waals surface area contributed by atoms with Gasteiger partial charge >= 0.3 is 0 Å². The molecule has 1 N–H and O–H groups in total. The molecular weight excluding hydrogens is 198 g/mol. The first kappa shape index (κ1) is 13.8. The van der Waals surface area contributed by atoms with Gasteiger partial charge in [-0.3, -0.25) is 4.79 Å². The molecule has 2 nitrogen and oxygen atoms in total. The normalized spacial score (nSPS) is 12.5. The van der Waals surface area contributed by atoms with Gasteiger partial charge in [0.2, 0.25) is 5.91 Å². The Kier molecular flexibility index (Phi) is 9.16. The number of nitrogens with one attached hydrogen (secondary N) is 1. The molecule has 0 saturated carbocycles. The number of hydrogen-bond donors (Lipinski definition) is 1. The van der Waals surface area contributed by atoms with Crippen LogP contribution in [0.15, 0.2) is 0 Å². The van der Waals surface area contributed by atoms with E-state index in [0.29, 0.717) is 18.3 Å². The van der Waals surface area contributed by atoms with Crippen LogP contribution in [0, 0.1) is 0 Å². The van der Waals surface area contributed by atoms with E-state index in [4.69, 9.17) is 11.6 Å². The molecule has 0 aliphatic carbocycles. The zero-order chi connectivity index (χ0) is 10.8. The fourth-order valence-corrected chi connectivity index (χ4v) is 1.64. The largest absolute Gasteiger partial charge is 0.353 e. The second-order valence-corrected chi connectivity index (χ2v) is 4.01. The first-order chi connectivity index (χ1) is 6.74. The smallest absolute Gasteiger partial charge is 0.221 e. The maximum Gasteiger partial charge on any atom is 0.221 e. The van der Waals surface area contributed by atoms with Crippen molar-refractivity contribution in [2.24, 2.45) is 0 Å². The number of hydrogen-bond acceptors (Lipinski definition) is 1. The van der Waals surface area contributed by atoms with Crippen molar-refractivity contribution in [1.29, 1.82) is 0 Å². The average Bonchev–Trinajstić information content (AvgIpc) is 2.15. The van der Waals surface area contributed by atoms with Gasteiger partial charge in [-0.2, -0.15) is 0 Å². The van der Waals surface area contributed by atoms with E-state index in [1.165, 1.54) is 12.8 Å². The first-order valence-corrected chi connectivity index (χ1v) is 6.13. The van der Waals surface area contributed by atoms with Gasteiger partial charge in [0.05, 0.1) is 0 Å². The SMILES string of the molecule is CCCCC(CCC)NC(=O)CCCl. The van der Waals surface area contributed by atoms with Crippen LogP contribution in [0.25, 0.3) is 0 Å². The van der Waals surface area contributed by atoms with Crippen LogP contribution in [0.4, 0.5) is 0 Å². The molecule has 14 heavy (non-hydrogen) atoms. The minimum atomic E-state index is 0.0922. The average molecular weight is 220 g/mol. The fourth-order valence-electron chi connectivity index (χ4n) is 1.47. The monoisotopic (exact) mass is 219 g/mol. The van der Waals surface area contributed by atoms with Crippen LogP contribution < -0.4 is 5.32 Å². The van der Waals surface area contributed by atoms with E-state index in [-0.39, 0.29) is 5.91 Å². The predicted molar refractivity (Wildman–Crippen MR) is 61.7 cm³/mol. The van der Waals surface area contributed by atoms with Gasteiger partial charge < -0.3 is 5.32 Å². The third kappa shape index (κ3) is 7.19. The lowest BCUT2D eigenvalue weighted by Crippen LogP contribution is -2.34. The van der Waals surface area contributed by atoms with Gasteiger partial charge in [0.1, 0.15) is 0 Å². The molecule has 0 aliphatic heterocycles. The van der Waals surface area contributed by atoms with Gasteiger partial charge in [-0.15, -0.1) is 11.6 Å². The van der Waals surface area contributed by atoms with Crippen LogP contribution in [0.2, 0.25) is 0 Å². The van der Waals surface area contributed by atoms with Crippen LogP contribution in [-0.4, -0.2) is 17.8 Å². The maximum absolute atomic E-state index is 11.3. The number of halogens is 1. The van der Waals surface area contributed by atoms with E-state index in [2.05, 4.69) is 19.2 Å². The lowest BCUT2D eigenvalue weighted by atomic mass is 10.1. The molecule has 1 atom stereocenters. The van der Waals surface area contributed by atoms with Gasteiger partial charge in [0.15, 0.2) is 0 Å². The summed E-state index contributed by atoms with van der Waals surface area (Å²) in [6, 6.07) is 0.357. The van der Waals surface area contributed by atoms with Gasteiger partial charge in [0.25, 0.3) is 0 Å². The number of carbonyl (C=O) groups excluding carboxylic acids is 1. The van der Waals surface area contributed by atoms with E-state index >= 15 is 0 Å². The Bertz CT molecular complexity index is 150. The lowest BCUT2D eigenvalue weighted by Gasteiger charge is -2.17. The highest BCUT2D eigenvalue weighted by Gasteiger charge is 2.09. The quantitative estimate of drug-likeness (QED) is 0.625. The van der Waals surface area contributed by atoms with Crippen molar-refractivity contribution in [3.8, 4) is 0 Å². The summed E-state index contributed by atoms with van der Waals surface area (Å²) in [7, 11) is 0. The number of alkyl halides is 1. The summed E-state index contributed by atoms with van der Waals surface area (Å²) >= 11 is 5.50. The van der Waals surface area contributed by atoms with Crippen LogP contribution in [0.5, 0.6) is 0 Å². The highest BCUT2D eigenvalue weighted by molar-refractivity contribution is 6.18. The molecule has 0 bridgehead atoms. The van der Waals surface area contributed by atoms with E-state index in [0.717, 1.165) is 19.3 Å². The summed E-state index contributed by atoms with van der Waals surface area (Å²) in [4.78, 5) is 11.3. The van der Waals surface area contributed by atoms with Crippen molar-refractivity contribution < 1.29 is 4.79 Å². The third-order valence-electron chi connectivity index (χ3n) is 2.23. The van der Waals surface area contributed by atoms with Crippen LogP contribution in [-0.2, 0) is 4.79 Å². The van der Waals surface area contributed by atoms with Crippen molar-refractivity contribution in [2.75, 3.05) is 5.88 Å². The molecule has 0 heterocycles. The molecule has 0 aromatic rings. The Labute approximate surface area is 92.4 Å². The molecule has 0 aliphatic rings. The lowest BCUT2D eigenvalue weighted by molar-refractivity contribution is -0.121. The number of amides is 1. The van der Waals surface area contributed by atoms with Gasteiger partial charge in [0, 0.05) is 18.3 Å². The second kappa shape index (κ2) is 9.32. The highest BCUT2D eigenvalue weighted by atomic mass is 35.5. The zero-order valence-electron chi connectivity index (χ0n) is 9.31. The summed E-state index contributed by atoms with van der Waals surface area (Å²) in [5.74, 6) is 0.507. The molecule has 1 amide bonds. The topological polar surface area (TPSA) is 29.1 Å². The Hall–Kier alpha value is -0.240. The molecule has 3 heteroatoms. The standard InChI is InChI=1S/C11H22ClNO/c1-3-5-7-10(6-4-2)13-11(14)8-9-12/h10H,3-9H2,1-2H3,(H,13,14). The van der Waals surface area contributed by atoms with Gasteiger partial charge in [-0.05, 0) is 12.8 Å². The van der Waals surface area contributed by atoms with Crippen molar-refractivity contribution in [1.82, 2.24) is 5.32 Å². The first-order valence-electron chi connectivity index (χ1n) is 5.59. The summed E-state index contributed by atoms with van der Waals surface area (Å²) in [6.07, 6.45) is 6.10. The summed E-state index contributed by atoms with van der Waals surface area (Å²) in [5, 5.41) is 3.03. The summed E-state index contributed by atoms with van der Waals surface area (Å²) in [6.45, 7) is 4.32. The van der Waals surface area contributed by atoms with Crippen LogP contribution in [0.1, 0.15) is 52.4 Å². The molecule has 0 radical (unpaired) electrons. The molecular formula is C11H22ClNO. The molecule has 84 valence electrons. The number of unbranched alkanes of at least 4 members (excludes halogenated alkanes) is 1. The predicted octanol–water partition coefficient (Wildman–Crippen LogP) is 3.09. The van der Waals surface area contributed by atoms with Crippen molar-refractivity contribution in [3.05, 3.63) is 0 Å². The molecule has 0 fully saturated rings. The summed E-state index contributed by atoms with van der Waals surface area (Å²) in [5.41, 5.74) is 0. The fraction of sp³-hybridized carbons (Fsp3) is 0.909. The zero-order valence-corrected chi connectivity index (χ0v) is 10.1. The molecule has 0 aromatic carbocycles. The molecule has 0 spiro atoms. The van der Waals surface area contributed by atoms with Crippen molar-refractivity contribution >= 4 is 17.5 Å². The third-order valence-corrected chi connectivity index (χ3v) is 2.42. The van der Waals surface area contributed by atoms with E-state index in [1.807, 2.05) is 0 Å². The van der Waals surface area contributed by atoms with Gasteiger partial charge in [-0.25, -0.2) is 0 Å². The van der Waals surface area contributed by atoms with E-state index in [9.17, 15) is 4.79 Å². The minimum absolute atomic E-state index is 0.0922. The van der Waals surface area contributed by atoms with E-state index in [1.54, 1.807) is 0 Å². The number of carbonyl (C=O) groups is 1. The maximum atomic E-state index is 11.3. The van der Waals surface area contributed by atoms with Gasteiger partial charge in [-0.1, -0.05) is 33.1 Å². The Morgan fingerprint density at radius 1 is 1.29 bits per heavy atom. The summed E-state index contributed by atoms with van der Waals surface area (Å²) < 4.78 is 0. The molecule has 0 aromatic heterocycles. The number of rotatable bonds is 8. The Morgan fingerprint density at radius 2 is 2.00 bits per heavy atom. The van der Waals surface area contributed by atoms with E-state index < -0.39 is 0 Å². The van der Waals surface area contributed by atoms with Crippen molar-refractivity contribution in [3.63, 3.8) is 0 Å². The molecule has 0 rings (SSSR count). The molecule has 0 saturated heterocycles. The Balaban J connectivity index is 3.75. The molecule has 1 unspecified atom stereocenters. The van der Waals surface area contributed by atoms with Crippen molar-refractivity contribution in [2.45, 2.75) is 58.4 Å². The highest BCUT2D eigenvalue weighted by Crippen LogP contribution is 2.07.